The first kappa shape index (κ1) is 18.3. The molecule has 7 heteroatoms. The van der Waals surface area contributed by atoms with Gasteiger partial charge in [-0.1, -0.05) is 15.9 Å². The van der Waals surface area contributed by atoms with Crippen LogP contribution < -0.4 is 5.32 Å². The van der Waals surface area contributed by atoms with Gasteiger partial charge in [-0.3, -0.25) is 0 Å². The van der Waals surface area contributed by atoms with Gasteiger partial charge < -0.3 is 19.9 Å². The van der Waals surface area contributed by atoms with E-state index in [-0.39, 0.29) is 24.9 Å². The quantitative estimate of drug-likeness (QED) is 0.659. The van der Waals surface area contributed by atoms with Gasteiger partial charge in [-0.2, -0.15) is 0 Å². The predicted octanol–water partition coefficient (Wildman–Crippen LogP) is 2.94. The van der Waals surface area contributed by atoms with Gasteiger partial charge >= 0.3 is 0 Å². The number of benzene rings is 1. The molecule has 0 aliphatic heterocycles. The Bertz CT molecular complexity index is 423. The molecule has 1 rings (SSSR count). The summed E-state index contributed by atoms with van der Waals surface area (Å²) in [6, 6.07) is 2.30. The second-order valence-electron chi connectivity index (χ2n) is 4.77. The van der Waals surface area contributed by atoms with E-state index >= 15 is 0 Å². The Kier molecular flexibility index (Phi) is 8.10. The molecule has 4 nitrogen and oxygen atoms in total. The van der Waals surface area contributed by atoms with E-state index in [2.05, 4.69) is 21.2 Å². The van der Waals surface area contributed by atoms with Crippen LogP contribution in [0.1, 0.15) is 13.8 Å². The van der Waals surface area contributed by atoms with Gasteiger partial charge in [0.25, 0.3) is 0 Å². The van der Waals surface area contributed by atoms with Crippen LogP contribution >= 0.6 is 15.9 Å². The smallest absolute Gasteiger partial charge is 0.150 e. The van der Waals surface area contributed by atoms with Crippen LogP contribution in [0.3, 0.4) is 0 Å². The molecule has 1 atom stereocenters. The summed E-state index contributed by atoms with van der Waals surface area (Å²) in [5.74, 6) is -1.44. The zero-order valence-corrected chi connectivity index (χ0v) is 13.6. The van der Waals surface area contributed by atoms with Crippen molar-refractivity contribution < 1.29 is 23.4 Å². The summed E-state index contributed by atoms with van der Waals surface area (Å²) in [6.45, 7) is 4.68. The first-order valence-corrected chi connectivity index (χ1v) is 7.45. The van der Waals surface area contributed by atoms with E-state index in [1.165, 1.54) is 0 Å². The van der Waals surface area contributed by atoms with E-state index < -0.39 is 17.7 Å². The van der Waals surface area contributed by atoms with Crippen molar-refractivity contribution in [1.29, 1.82) is 0 Å². The molecule has 0 bridgehead atoms. The molecule has 2 N–H and O–H groups in total. The number of nitrogens with one attached hydrogen (secondary N) is 1. The Morgan fingerprint density at radius 2 is 1.86 bits per heavy atom. The first-order valence-electron chi connectivity index (χ1n) is 6.66. The molecule has 0 saturated carbocycles. The van der Waals surface area contributed by atoms with Gasteiger partial charge in [-0.05, 0) is 26.0 Å². The molecule has 0 radical (unpaired) electrons. The summed E-state index contributed by atoms with van der Waals surface area (Å²) in [6.07, 6.45) is -0.741. The molecule has 0 heterocycles. The molecule has 0 amide bonds. The average molecular weight is 368 g/mol. The van der Waals surface area contributed by atoms with Crippen molar-refractivity contribution in [3.8, 4) is 0 Å². The van der Waals surface area contributed by atoms with E-state index in [0.29, 0.717) is 17.7 Å². The van der Waals surface area contributed by atoms with Gasteiger partial charge in [-0.15, -0.1) is 0 Å². The van der Waals surface area contributed by atoms with Crippen LogP contribution in [0.5, 0.6) is 0 Å². The zero-order valence-electron chi connectivity index (χ0n) is 12.0. The maximum absolute atomic E-state index is 13.5. The molecule has 0 saturated heterocycles. The topological polar surface area (TPSA) is 50.7 Å². The lowest BCUT2D eigenvalue weighted by Gasteiger charge is -2.15. The highest BCUT2D eigenvalue weighted by Gasteiger charge is 2.12. The molecule has 0 aromatic heterocycles. The molecule has 0 fully saturated rings. The lowest BCUT2D eigenvalue weighted by Crippen LogP contribution is -2.26. The fraction of sp³-hybridized carbons (Fsp3) is 0.571. The number of ether oxygens (including phenoxy) is 2. The largest absolute Gasteiger partial charge is 0.389 e. The van der Waals surface area contributed by atoms with Gasteiger partial charge in [0.1, 0.15) is 17.3 Å². The van der Waals surface area contributed by atoms with Crippen molar-refractivity contribution in [2.45, 2.75) is 26.1 Å². The molecule has 0 aliphatic carbocycles. The third-order valence-corrected chi connectivity index (χ3v) is 2.97. The molecule has 21 heavy (non-hydrogen) atoms. The van der Waals surface area contributed by atoms with Gasteiger partial charge in [0.05, 0.1) is 32.0 Å². The summed E-state index contributed by atoms with van der Waals surface area (Å²) >= 11 is 3.00. The Morgan fingerprint density at radius 1 is 1.24 bits per heavy atom. The fourth-order valence-electron chi connectivity index (χ4n) is 1.55. The lowest BCUT2D eigenvalue weighted by atomic mass is 10.2. The minimum Gasteiger partial charge on any atom is -0.389 e. The van der Waals surface area contributed by atoms with E-state index in [4.69, 9.17) is 9.47 Å². The number of anilines is 1. The Balaban J connectivity index is 2.29. The summed E-state index contributed by atoms with van der Waals surface area (Å²) in [4.78, 5) is 0. The number of aliphatic hydroxyl groups is 1. The van der Waals surface area contributed by atoms with Gasteiger partial charge in [0.2, 0.25) is 0 Å². The first-order chi connectivity index (χ1) is 9.90. The second kappa shape index (κ2) is 9.30. The van der Waals surface area contributed by atoms with Crippen molar-refractivity contribution in [3.63, 3.8) is 0 Å². The highest BCUT2D eigenvalue weighted by Crippen LogP contribution is 2.23. The number of aliphatic hydroxyl groups excluding tert-OH is 1. The molecular weight excluding hydrogens is 348 g/mol. The number of hydrogen-bond acceptors (Lipinski definition) is 4. The molecule has 0 spiro atoms. The molecule has 120 valence electrons. The standard InChI is InChI=1S/C14H20BrF2NO3/c1-9(2)21-4-3-20-8-11(19)7-18-14-12(16)5-10(15)6-13(14)17/h5-6,9,11,18-19H,3-4,7-8H2,1-2H3. The lowest BCUT2D eigenvalue weighted by molar-refractivity contribution is -0.00736. The highest BCUT2D eigenvalue weighted by molar-refractivity contribution is 9.10. The summed E-state index contributed by atoms with van der Waals surface area (Å²) in [7, 11) is 0. The van der Waals surface area contributed by atoms with Crippen LogP contribution in [0.2, 0.25) is 0 Å². The van der Waals surface area contributed by atoms with Gasteiger partial charge in [0.15, 0.2) is 0 Å². The Morgan fingerprint density at radius 3 is 2.43 bits per heavy atom. The third-order valence-electron chi connectivity index (χ3n) is 2.51. The maximum Gasteiger partial charge on any atom is 0.150 e. The van der Waals surface area contributed by atoms with Crippen LogP contribution in [0.15, 0.2) is 16.6 Å². The van der Waals surface area contributed by atoms with E-state index in [1.54, 1.807) is 0 Å². The van der Waals surface area contributed by atoms with Gasteiger partial charge in [-0.25, -0.2) is 8.78 Å². The van der Waals surface area contributed by atoms with Crippen LogP contribution in [0, 0.1) is 11.6 Å². The van der Waals surface area contributed by atoms with Crippen LogP contribution in [-0.4, -0.2) is 43.7 Å². The SMILES string of the molecule is CC(C)OCCOCC(O)CNc1c(F)cc(Br)cc1F. The van der Waals surface area contributed by atoms with Crippen molar-refractivity contribution in [1.82, 2.24) is 0 Å². The number of hydrogen-bond donors (Lipinski definition) is 2. The van der Waals surface area contributed by atoms with Crippen LogP contribution in [0.25, 0.3) is 0 Å². The number of halogens is 3. The molecule has 0 aliphatic rings. The van der Waals surface area contributed by atoms with Gasteiger partial charge in [0, 0.05) is 11.0 Å². The Hall–Kier alpha value is -0.760. The van der Waals surface area contributed by atoms with E-state index in [9.17, 15) is 13.9 Å². The minimum atomic E-state index is -0.869. The second-order valence-corrected chi connectivity index (χ2v) is 5.69. The van der Waals surface area contributed by atoms with Crippen molar-refractivity contribution >= 4 is 21.6 Å². The normalized spacial score (nSPS) is 12.7. The molecular formula is C14H20BrF2NO3. The fourth-order valence-corrected chi connectivity index (χ4v) is 1.95. The van der Waals surface area contributed by atoms with E-state index in [0.717, 1.165) is 12.1 Å². The highest BCUT2D eigenvalue weighted by atomic mass is 79.9. The zero-order chi connectivity index (χ0) is 15.8. The summed E-state index contributed by atoms with van der Waals surface area (Å²) in [5.41, 5.74) is -0.264. The molecule has 1 aromatic rings. The molecule has 1 unspecified atom stereocenters. The maximum atomic E-state index is 13.5. The predicted molar refractivity (Wildman–Crippen MR) is 80.5 cm³/mol. The average Bonchev–Trinajstić information content (AvgIpc) is 2.36. The minimum absolute atomic E-state index is 0.0134. The summed E-state index contributed by atoms with van der Waals surface area (Å²) < 4.78 is 37.8. The van der Waals surface area contributed by atoms with Crippen molar-refractivity contribution in [3.05, 3.63) is 28.2 Å². The van der Waals surface area contributed by atoms with Crippen LogP contribution in [-0.2, 0) is 9.47 Å². The summed E-state index contributed by atoms with van der Waals surface area (Å²) in [5, 5.41) is 12.2. The van der Waals surface area contributed by atoms with Crippen molar-refractivity contribution in [2.75, 3.05) is 31.7 Å². The van der Waals surface area contributed by atoms with Crippen molar-refractivity contribution in [2.24, 2.45) is 0 Å². The third kappa shape index (κ3) is 7.17. The van der Waals surface area contributed by atoms with Crippen LogP contribution in [0.4, 0.5) is 14.5 Å². The Labute approximate surface area is 131 Å². The van der Waals surface area contributed by atoms with E-state index in [1.807, 2.05) is 13.8 Å². The number of rotatable bonds is 9. The monoisotopic (exact) mass is 367 g/mol. The molecule has 1 aromatic carbocycles.